The van der Waals surface area contributed by atoms with Crippen LogP contribution in [0, 0.1) is 0 Å². The van der Waals surface area contributed by atoms with Crippen LogP contribution in [-0.4, -0.2) is 47.0 Å². The van der Waals surface area contributed by atoms with Crippen molar-refractivity contribution in [1.29, 1.82) is 0 Å². The Morgan fingerprint density at radius 3 is 2.62 bits per heavy atom. The maximum Gasteiger partial charge on any atom is 0.416 e. The predicted molar refractivity (Wildman–Crippen MR) is 99.8 cm³/mol. The molecule has 29 heavy (non-hydrogen) atoms. The minimum Gasteiger partial charge on any atom is -0.439 e. The third-order valence-corrected chi connectivity index (χ3v) is 4.57. The SMILES string of the molecule is O=C(c1ccc2cc(Oc3cc(C(F)(F)F)ccn3)ccc2n1)N1CCNCC1. The van der Waals surface area contributed by atoms with Gasteiger partial charge in [0.25, 0.3) is 5.91 Å². The molecule has 0 spiro atoms. The number of benzene rings is 1. The normalized spacial score (nSPS) is 14.8. The highest BCUT2D eigenvalue weighted by molar-refractivity contribution is 5.95. The molecule has 3 heterocycles. The fourth-order valence-electron chi connectivity index (χ4n) is 3.08. The highest BCUT2D eigenvalue weighted by Gasteiger charge is 2.31. The molecule has 3 aromatic rings. The summed E-state index contributed by atoms with van der Waals surface area (Å²) in [7, 11) is 0. The van der Waals surface area contributed by atoms with Gasteiger partial charge < -0.3 is 15.0 Å². The van der Waals surface area contributed by atoms with Crippen molar-refractivity contribution >= 4 is 16.8 Å². The van der Waals surface area contributed by atoms with Crippen LogP contribution in [0.15, 0.2) is 48.7 Å². The third kappa shape index (κ3) is 4.29. The van der Waals surface area contributed by atoms with Crippen LogP contribution in [-0.2, 0) is 6.18 Å². The summed E-state index contributed by atoms with van der Waals surface area (Å²) >= 11 is 0. The summed E-state index contributed by atoms with van der Waals surface area (Å²) in [5.74, 6) is 0.0480. The summed E-state index contributed by atoms with van der Waals surface area (Å²) < 4.78 is 44.0. The Morgan fingerprint density at radius 1 is 1.07 bits per heavy atom. The Kier molecular flexibility index (Phi) is 5.06. The lowest BCUT2D eigenvalue weighted by atomic mass is 10.2. The van der Waals surface area contributed by atoms with Gasteiger partial charge in [-0.2, -0.15) is 13.2 Å². The van der Waals surface area contributed by atoms with Crippen molar-refractivity contribution in [3.63, 3.8) is 0 Å². The number of ether oxygens (including phenoxy) is 1. The number of halogens is 3. The average molecular weight is 402 g/mol. The van der Waals surface area contributed by atoms with E-state index in [1.165, 1.54) is 0 Å². The van der Waals surface area contributed by atoms with Gasteiger partial charge in [-0.05, 0) is 30.3 Å². The second-order valence-electron chi connectivity index (χ2n) is 6.58. The van der Waals surface area contributed by atoms with E-state index in [0.717, 1.165) is 31.4 Å². The molecule has 1 saturated heterocycles. The second kappa shape index (κ2) is 7.67. The number of aromatic nitrogens is 2. The number of piperazine rings is 1. The zero-order valence-corrected chi connectivity index (χ0v) is 15.2. The van der Waals surface area contributed by atoms with Crippen molar-refractivity contribution in [3.8, 4) is 11.6 Å². The van der Waals surface area contributed by atoms with Crippen LogP contribution in [0.2, 0.25) is 0 Å². The number of nitrogens with zero attached hydrogens (tertiary/aromatic N) is 3. The quantitative estimate of drug-likeness (QED) is 0.727. The van der Waals surface area contributed by atoms with Crippen molar-refractivity contribution in [1.82, 2.24) is 20.2 Å². The van der Waals surface area contributed by atoms with Gasteiger partial charge >= 0.3 is 6.18 Å². The van der Waals surface area contributed by atoms with E-state index in [1.807, 2.05) is 0 Å². The Balaban J connectivity index is 1.55. The minimum absolute atomic E-state index is 0.123. The Morgan fingerprint density at radius 2 is 1.86 bits per heavy atom. The number of nitrogens with one attached hydrogen (secondary N) is 1. The van der Waals surface area contributed by atoms with Crippen LogP contribution in [0.25, 0.3) is 10.9 Å². The van der Waals surface area contributed by atoms with E-state index in [4.69, 9.17) is 4.74 Å². The Hall–Kier alpha value is -3.20. The molecule has 1 aliphatic heterocycles. The molecule has 1 amide bonds. The number of rotatable bonds is 3. The molecule has 4 rings (SSSR count). The van der Waals surface area contributed by atoms with Crippen LogP contribution in [0.3, 0.4) is 0 Å². The summed E-state index contributed by atoms with van der Waals surface area (Å²) in [6.07, 6.45) is -3.42. The molecule has 1 aliphatic rings. The van der Waals surface area contributed by atoms with Crippen molar-refractivity contribution in [2.45, 2.75) is 6.18 Å². The summed E-state index contributed by atoms with van der Waals surface area (Å²) in [4.78, 5) is 22.6. The average Bonchev–Trinajstić information content (AvgIpc) is 2.73. The van der Waals surface area contributed by atoms with Crippen LogP contribution in [0.4, 0.5) is 13.2 Å². The number of alkyl halides is 3. The van der Waals surface area contributed by atoms with E-state index in [2.05, 4.69) is 15.3 Å². The Bertz CT molecular complexity index is 1050. The smallest absolute Gasteiger partial charge is 0.416 e. The number of hydrogen-bond acceptors (Lipinski definition) is 5. The van der Waals surface area contributed by atoms with E-state index < -0.39 is 11.7 Å². The summed E-state index contributed by atoms with van der Waals surface area (Å²) in [6, 6.07) is 9.99. The third-order valence-electron chi connectivity index (χ3n) is 4.57. The minimum atomic E-state index is -4.47. The number of carbonyl (C=O) groups is 1. The zero-order valence-electron chi connectivity index (χ0n) is 15.2. The van der Waals surface area contributed by atoms with Gasteiger partial charge in [0.05, 0.1) is 11.1 Å². The first-order valence-corrected chi connectivity index (χ1v) is 9.02. The van der Waals surface area contributed by atoms with Crippen molar-refractivity contribution in [2.24, 2.45) is 0 Å². The molecule has 0 saturated carbocycles. The first-order chi connectivity index (χ1) is 13.9. The van der Waals surface area contributed by atoms with Crippen molar-refractivity contribution in [2.75, 3.05) is 26.2 Å². The molecule has 150 valence electrons. The maximum absolute atomic E-state index is 12.8. The molecule has 0 unspecified atom stereocenters. The zero-order chi connectivity index (χ0) is 20.4. The summed E-state index contributed by atoms with van der Waals surface area (Å²) in [5.41, 5.74) is 0.115. The fourth-order valence-corrected chi connectivity index (χ4v) is 3.08. The molecule has 2 aromatic heterocycles. The maximum atomic E-state index is 12.8. The lowest BCUT2D eigenvalue weighted by Crippen LogP contribution is -2.46. The van der Waals surface area contributed by atoms with Crippen LogP contribution >= 0.6 is 0 Å². The van der Waals surface area contributed by atoms with Gasteiger partial charge in [-0.25, -0.2) is 9.97 Å². The number of amides is 1. The van der Waals surface area contributed by atoms with E-state index in [0.29, 0.717) is 35.4 Å². The standard InChI is InChI=1S/C20H17F3N4O2/c21-20(22,23)14-5-6-25-18(12-14)29-15-2-4-16-13(11-15)1-3-17(26-16)19(28)27-9-7-24-8-10-27/h1-6,11-12,24H,7-10H2. The monoisotopic (exact) mass is 402 g/mol. The molecule has 0 bridgehead atoms. The molecule has 6 nitrogen and oxygen atoms in total. The van der Waals surface area contributed by atoms with Crippen molar-refractivity contribution < 1.29 is 22.7 Å². The number of fused-ring (bicyclic) bond motifs is 1. The highest BCUT2D eigenvalue weighted by Crippen LogP contribution is 2.32. The van der Waals surface area contributed by atoms with Gasteiger partial charge in [-0.15, -0.1) is 0 Å². The second-order valence-corrected chi connectivity index (χ2v) is 6.58. The van der Waals surface area contributed by atoms with Gasteiger partial charge in [0.1, 0.15) is 11.4 Å². The van der Waals surface area contributed by atoms with Crippen LogP contribution in [0.1, 0.15) is 16.1 Å². The molecular weight excluding hydrogens is 385 g/mol. The van der Waals surface area contributed by atoms with Gasteiger partial charge in [0.2, 0.25) is 5.88 Å². The number of pyridine rings is 2. The van der Waals surface area contributed by atoms with Crippen molar-refractivity contribution in [3.05, 3.63) is 59.9 Å². The first-order valence-electron chi connectivity index (χ1n) is 9.02. The van der Waals surface area contributed by atoms with E-state index in [1.54, 1.807) is 35.2 Å². The molecule has 1 aromatic carbocycles. The number of hydrogen-bond donors (Lipinski definition) is 1. The molecule has 1 fully saturated rings. The molecule has 1 N–H and O–H groups in total. The Labute approximate surface area is 164 Å². The predicted octanol–water partition coefficient (Wildman–Crippen LogP) is 3.49. The summed E-state index contributed by atoms with van der Waals surface area (Å²) in [5, 5.41) is 3.89. The van der Waals surface area contributed by atoms with E-state index in [9.17, 15) is 18.0 Å². The molecule has 0 atom stereocenters. The topological polar surface area (TPSA) is 67.3 Å². The highest BCUT2D eigenvalue weighted by atomic mass is 19.4. The molecule has 0 aliphatic carbocycles. The largest absolute Gasteiger partial charge is 0.439 e. The lowest BCUT2D eigenvalue weighted by Gasteiger charge is -2.27. The lowest BCUT2D eigenvalue weighted by molar-refractivity contribution is -0.137. The first kappa shape index (κ1) is 19.1. The fraction of sp³-hybridized carbons (Fsp3) is 0.250. The van der Waals surface area contributed by atoms with Gasteiger partial charge in [0, 0.05) is 43.8 Å². The molecule has 9 heteroatoms. The van der Waals surface area contributed by atoms with E-state index in [-0.39, 0.29) is 11.8 Å². The van der Waals surface area contributed by atoms with E-state index >= 15 is 0 Å². The summed E-state index contributed by atoms with van der Waals surface area (Å²) in [6.45, 7) is 2.78. The van der Waals surface area contributed by atoms with Gasteiger partial charge in [-0.3, -0.25) is 4.79 Å². The number of carbonyl (C=O) groups excluding carboxylic acids is 1. The molecular formula is C20H17F3N4O2. The van der Waals surface area contributed by atoms with Crippen LogP contribution < -0.4 is 10.1 Å². The van der Waals surface area contributed by atoms with Gasteiger partial charge in [-0.1, -0.05) is 6.07 Å². The molecule has 0 radical (unpaired) electrons. The van der Waals surface area contributed by atoms with Crippen LogP contribution in [0.5, 0.6) is 11.6 Å². The van der Waals surface area contributed by atoms with Gasteiger partial charge in [0.15, 0.2) is 0 Å².